The molecule has 28 heavy (non-hydrogen) atoms. The van der Waals surface area contributed by atoms with Crippen LogP contribution in [0.15, 0.2) is 42.5 Å². The minimum Gasteiger partial charge on any atom is -0.493 e. The molecule has 2 aromatic rings. The average molecular weight is 380 g/mol. The van der Waals surface area contributed by atoms with Gasteiger partial charge in [0.15, 0.2) is 11.5 Å². The lowest BCUT2D eigenvalue weighted by molar-refractivity contribution is -0.121. The minimum atomic E-state index is -0.621. The molecule has 1 saturated heterocycles. The van der Waals surface area contributed by atoms with Crippen LogP contribution in [-0.2, 0) is 4.79 Å². The van der Waals surface area contributed by atoms with Crippen molar-refractivity contribution < 1.29 is 23.9 Å². The Morgan fingerprint density at radius 3 is 2.54 bits per heavy atom. The van der Waals surface area contributed by atoms with E-state index in [2.05, 4.69) is 0 Å². The number of rotatable bonds is 3. The van der Waals surface area contributed by atoms with Crippen molar-refractivity contribution >= 4 is 23.4 Å². The van der Waals surface area contributed by atoms with Gasteiger partial charge in [-0.2, -0.15) is 0 Å². The molecule has 2 aromatic carbocycles. The highest BCUT2D eigenvalue weighted by atomic mass is 16.5. The number of nitrogens with zero attached hydrogens (tertiary/aromatic N) is 2. The summed E-state index contributed by atoms with van der Waals surface area (Å²) in [4.78, 5) is 42.3. The van der Waals surface area contributed by atoms with E-state index in [0.29, 0.717) is 35.7 Å². The summed E-state index contributed by atoms with van der Waals surface area (Å²) in [6, 6.07) is 10.8. The van der Waals surface area contributed by atoms with Crippen LogP contribution in [0.1, 0.15) is 33.6 Å². The standard InChI is InChI=1S/C21H20N2O5/c1-27-17-10-9-13(12-18(17)28-2)19(24)23-15-7-4-3-6-14(15)20(25)22-11-5-8-16(22)21(23)26/h3-4,6-7,9-10,12,16H,5,8,11H2,1-2H3/t16-/m1/s1. The van der Waals surface area contributed by atoms with E-state index in [-0.39, 0.29) is 17.4 Å². The molecule has 7 heteroatoms. The Morgan fingerprint density at radius 1 is 1.04 bits per heavy atom. The number of anilines is 1. The van der Waals surface area contributed by atoms with Crippen LogP contribution >= 0.6 is 0 Å². The van der Waals surface area contributed by atoms with Crippen molar-refractivity contribution in [3.05, 3.63) is 53.6 Å². The summed E-state index contributed by atoms with van der Waals surface area (Å²) in [5, 5.41) is 0. The smallest absolute Gasteiger partial charge is 0.265 e. The van der Waals surface area contributed by atoms with E-state index in [0.717, 1.165) is 11.3 Å². The molecule has 2 heterocycles. The van der Waals surface area contributed by atoms with E-state index >= 15 is 0 Å². The van der Waals surface area contributed by atoms with E-state index in [1.807, 2.05) is 0 Å². The number of hydrogen-bond donors (Lipinski definition) is 0. The first-order valence-corrected chi connectivity index (χ1v) is 9.07. The number of para-hydroxylation sites is 1. The molecule has 0 bridgehead atoms. The predicted molar refractivity (Wildman–Crippen MR) is 102 cm³/mol. The van der Waals surface area contributed by atoms with Crippen LogP contribution in [0.3, 0.4) is 0 Å². The first kappa shape index (κ1) is 18.0. The Balaban J connectivity index is 1.83. The topological polar surface area (TPSA) is 76.2 Å². The third kappa shape index (κ3) is 2.70. The van der Waals surface area contributed by atoms with Gasteiger partial charge in [0.25, 0.3) is 17.7 Å². The van der Waals surface area contributed by atoms with Gasteiger partial charge < -0.3 is 14.4 Å². The van der Waals surface area contributed by atoms with Gasteiger partial charge in [-0.05, 0) is 43.2 Å². The fourth-order valence-electron chi connectivity index (χ4n) is 3.85. The number of ether oxygens (including phenoxy) is 2. The summed E-state index contributed by atoms with van der Waals surface area (Å²) in [5.74, 6) is -0.217. The molecule has 1 fully saturated rings. The maximum atomic E-state index is 13.4. The monoisotopic (exact) mass is 380 g/mol. The van der Waals surface area contributed by atoms with Crippen LogP contribution in [0.25, 0.3) is 0 Å². The largest absolute Gasteiger partial charge is 0.493 e. The number of fused-ring (bicyclic) bond motifs is 2. The van der Waals surface area contributed by atoms with Crippen LogP contribution < -0.4 is 14.4 Å². The van der Waals surface area contributed by atoms with E-state index in [1.54, 1.807) is 41.3 Å². The van der Waals surface area contributed by atoms with Gasteiger partial charge in [-0.3, -0.25) is 14.4 Å². The molecule has 0 unspecified atom stereocenters. The summed E-state index contributed by atoms with van der Waals surface area (Å²) in [6.07, 6.45) is 1.29. The molecule has 2 aliphatic heterocycles. The lowest BCUT2D eigenvalue weighted by Crippen LogP contribution is -2.47. The number of carbonyl (C=O) groups excluding carboxylic acids is 3. The zero-order chi connectivity index (χ0) is 19.8. The molecule has 3 amide bonds. The van der Waals surface area contributed by atoms with Gasteiger partial charge in [-0.15, -0.1) is 0 Å². The van der Waals surface area contributed by atoms with Crippen molar-refractivity contribution in [2.24, 2.45) is 0 Å². The molecule has 0 spiro atoms. The normalized spacial score (nSPS) is 18.4. The summed E-state index contributed by atoms with van der Waals surface area (Å²) >= 11 is 0. The molecular weight excluding hydrogens is 360 g/mol. The van der Waals surface area contributed by atoms with Crippen LogP contribution in [0.4, 0.5) is 5.69 Å². The second-order valence-corrected chi connectivity index (χ2v) is 6.72. The van der Waals surface area contributed by atoms with Crippen LogP contribution in [-0.4, -0.2) is 49.4 Å². The van der Waals surface area contributed by atoms with Crippen LogP contribution in [0, 0.1) is 0 Å². The molecule has 0 saturated carbocycles. The Bertz CT molecular complexity index is 971. The Hall–Kier alpha value is -3.35. The zero-order valence-electron chi connectivity index (χ0n) is 15.7. The van der Waals surface area contributed by atoms with Crippen molar-refractivity contribution in [1.82, 2.24) is 4.90 Å². The van der Waals surface area contributed by atoms with Crippen molar-refractivity contribution in [2.75, 3.05) is 25.7 Å². The third-order valence-corrected chi connectivity index (χ3v) is 5.23. The van der Waals surface area contributed by atoms with Crippen molar-refractivity contribution in [3.8, 4) is 11.5 Å². The molecule has 7 nitrogen and oxygen atoms in total. The first-order chi connectivity index (χ1) is 13.6. The number of hydrogen-bond acceptors (Lipinski definition) is 5. The summed E-state index contributed by atoms with van der Waals surface area (Å²) in [6.45, 7) is 0.516. The Morgan fingerprint density at radius 2 is 1.79 bits per heavy atom. The Labute approximate surface area is 162 Å². The van der Waals surface area contributed by atoms with Crippen LogP contribution in [0.5, 0.6) is 11.5 Å². The SMILES string of the molecule is COc1ccc(C(=O)N2C(=O)[C@H]3CCCN3C(=O)c3ccccc32)cc1OC. The fourth-order valence-corrected chi connectivity index (χ4v) is 3.85. The van der Waals surface area contributed by atoms with Gasteiger partial charge in [0.05, 0.1) is 25.5 Å². The van der Waals surface area contributed by atoms with E-state index in [1.165, 1.54) is 20.3 Å². The molecule has 1 atom stereocenters. The van der Waals surface area contributed by atoms with Gasteiger partial charge in [0, 0.05) is 12.1 Å². The number of amides is 3. The number of benzene rings is 2. The quantitative estimate of drug-likeness (QED) is 0.765. The van der Waals surface area contributed by atoms with E-state index < -0.39 is 11.9 Å². The van der Waals surface area contributed by atoms with Crippen LogP contribution in [0.2, 0.25) is 0 Å². The highest BCUT2D eigenvalue weighted by molar-refractivity contribution is 6.26. The van der Waals surface area contributed by atoms with E-state index in [4.69, 9.17) is 9.47 Å². The number of methoxy groups -OCH3 is 2. The molecule has 0 N–H and O–H groups in total. The van der Waals surface area contributed by atoms with Gasteiger partial charge in [0.1, 0.15) is 6.04 Å². The molecule has 0 aromatic heterocycles. The molecule has 0 radical (unpaired) electrons. The van der Waals surface area contributed by atoms with Gasteiger partial charge >= 0.3 is 0 Å². The first-order valence-electron chi connectivity index (χ1n) is 9.07. The molecule has 4 rings (SSSR count). The summed E-state index contributed by atoms with van der Waals surface area (Å²) in [7, 11) is 2.99. The zero-order valence-corrected chi connectivity index (χ0v) is 15.7. The highest BCUT2D eigenvalue weighted by Crippen LogP contribution is 2.34. The third-order valence-electron chi connectivity index (χ3n) is 5.23. The lowest BCUT2D eigenvalue weighted by atomic mass is 10.1. The lowest BCUT2D eigenvalue weighted by Gasteiger charge is -2.24. The van der Waals surface area contributed by atoms with Gasteiger partial charge in [-0.1, -0.05) is 12.1 Å². The number of imide groups is 1. The molecule has 0 aliphatic carbocycles. The van der Waals surface area contributed by atoms with Gasteiger partial charge in [0.2, 0.25) is 0 Å². The predicted octanol–water partition coefficient (Wildman–Crippen LogP) is 2.50. The second kappa shape index (κ2) is 6.99. The number of carbonyl (C=O) groups is 3. The maximum Gasteiger partial charge on any atom is 0.265 e. The van der Waals surface area contributed by atoms with Crippen molar-refractivity contribution in [2.45, 2.75) is 18.9 Å². The van der Waals surface area contributed by atoms with Gasteiger partial charge in [-0.25, -0.2) is 4.90 Å². The highest BCUT2D eigenvalue weighted by Gasteiger charge is 2.44. The Kier molecular flexibility index (Phi) is 4.50. The molecule has 2 aliphatic rings. The summed E-state index contributed by atoms with van der Waals surface area (Å²) < 4.78 is 10.5. The van der Waals surface area contributed by atoms with E-state index in [9.17, 15) is 14.4 Å². The summed E-state index contributed by atoms with van der Waals surface area (Å²) in [5.41, 5.74) is 0.945. The molecular formula is C21H20N2O5. The second-order valence-electron chi connectivity index (χ2n) is 6.72. The average Bonchev–Trinajstić information content (AvgIpc) is 3.20. The minimum absolute atomic E-state index is 0.214. The van der Waals surface area contributed by atoms with Crippen molar-refractivity contribution in [3.63, 3.8) is 0 Å². The maximum absolute atomic E-state index is 13.4. The molecule has 144 valence electrons. The van der Waals surface area contributed by atoms with Crippen molar-refractivity contribution in [1.29, 1.82) is 0 Å². The fraction of sp³-hybridized carbons (Fsp3) is 0.286.